The summed E-state index contributed by atoms with van der Waals surface area (Å²) in [5.74, 6) is 0.00116. The molecule has 2 rings (SSSR count). The molecule has 4 heteroatoms. The average Bonchev–Trinajstić information content (AvgIpc) is 3.23. The third-order valence-corrected chi connectivity index (χ3v) is 3.47. The van der Waals surface area contributed by atoms with Gasteiger partial charge >= 0.3 is 0 Å². The van der Waals surface area contributed by atoms with Crippen molar-refractivity contribution in [1.82, 2.24) is 4.90 Å². The standard InChI is InChI=1S/C15H22N2O2/c1-2-12-5-3-4-6-14(12)16-15(19)11-17(9-10-18)13-7-8-13/h3-6,13,18H,2,7-11H2,1H3,(H,16,19). The molecule has 1 aromatic carbocycles. The van der Waals surface area contributed by atoms with Crippen molar-refractivity contribution in [2.24, 2.45) is 0 Å². The van der Waals surface area contributed by atoms with Crippen LogP contribution in [0.1, 0.15) is 25.3 Å². The molecule has 0 unspecified atom stereocenters. The molecular weight excluding hydrogens is 240 g/mol. The Hall–Kier alpha value is -1.39. The van der Waals surface area contributed by atoms with Gasteiger partial charge in [-0.2, -0.15) is 0 Å². The van der Waals surface area contributed by atoms with E-state index >= 15 is 0 Å². The van der Waals surface area contributed by atoms with Crippen molar-refractivity contribution in [3.8, 4) is 0 Å². The minimum absolute atomic E-state index is 0.00116. The maximum absolute atomic E-state index is 12.1. The molecule has 1 aliphatic carbocycles. The van der Waals surface area contributed by atoms with E-state index in [1.807, 2.05) is 24.3 Å². The van der Waals surface area contributed by atoms with Crippen LogP contribution in [0, 0.1) is 0 Å². The predicted octanol–water partition coefficient (Wildman–Crippen LogP) is 1.64. The highest BCUT2D eigenvalue weighted by Gasteiger charge is 2.29. The lowest BCUT2D eigenvalue weighted by Gasteiger charge is -2.20. The van der Waals surface area contributed by atoms with E-state index in [2.05, 4.69) is 17.1 Å². The zero-order valence-corrected chi connectivity index (χ0v) is 11.4. The number of aliphatic hydroxyl groups excluding tert-OH is 1. The SMILES string of the molecule is CCc1ccccc1NC(=O)CN(CCO)C1CC1. The molecule has 1 fully saturated rings. The lowest BCUT2D eigenvalue weighted by molar-refractivity contribution is -0.117. The number of nitrogens with one attached hydrogen (secondary N) is 1. The molecule has 0 radical (unpaired) electrons. The highest BCUT2D eigenvalue weighted by molar-refractivity contribution is 5.93. The van der Waals surface area contributed by atoms with Gasteiger partial charge in [-0.3, -0.25) is 9.69 Å². The van der Waals surface area contributed by atoms with Crippen LogP contribution >= 0.6 is 0 Å². The maximum Gasteiger partial charge on any atom is 0.238 e. The van der Waals surface area contributed by atoms with Gasteiger partial charge in [0.2, 0.25) is 5.91 Å². The quantitative estimate of drug-likeness (QED) is 0.785. The lowest BCUT2D eigenvalue weighted by Crippen LogP contribution is -2.36. The summed E-state index contributed by atoms with van der Waals surface area (Å²) in [7, 11) is 0. The summed E-state index contributed by atoms with van der Waals surface area (Å²) in [5.41, 5.74) is 2.05. The minimum Gasteiger partial charge on any atom is -0.395 e. The number of carbonyl (C=O) groups excluding carboxylic acids is 1. The van der Waals surface area contributed by atoms with Gasteiger partial charge < -0.3 is 10.4 Å². The Balaban J connectivity index is 1.92. The van der Waals surface area contributed by atoms with Crippen molar-refractivity contribution in [3.63, 3.8) is 0 Å². The maximum atomic E-state index is 12.1. The van der Waals surface area contributed by atoms with Gasteiger partial charge in [0.05, 0.1) is 13.2 Å². The zero-order valence-electron chi connectivity index (χ0n) is 11.4. The van der Waals surface area contributed by atoms with Gasteiger partial charge in [0.25, 0.3) is 0 Å². The van der Waals surface area contributed by atoms with E-state index in [-0.39, 0.29) is 12.5 Å². The van der Waals surface area contributed by atoms with Gasteiger partial charge in [-0.15, -0.1) is 0 Å². The molecule has 0 saturated heterocycles. The summed E-state index contributed by atoms with van der Waals surface area (Å²) >= 11 is 0. The van der Waals surface area contributed by atoms with E-state index in [0.29, 0.717) is 19.1 Å². The molecule has 0 aliphatic heterocycles. The molecule has 0 aromatic heterocycles. The summed E-state index contributed by atoms with van der Waals surface area (Å²) in [5, 5.41) is 12.0. The molecule has 19 heavy (non-hydrogen) atoms. The number of hydrogen-bond donors (Lipinski definition) is 2. The van der Waals surface area contributed by atoms with Crippen LogP contribution in [-0.2, 0) is 11.2 Å². The Morgan fingerprint density at radius 1 is 1.42 bits per heavy atom. The van der Waals surface area contributed by atoms with E-state index < -0.39 is 0 Å². The van der Waals surface area contributed by atoms with Crippen LogP contribution in [0.2, 0.25) is 0 Å². The van der Waals surface area contributed by atoms with Crippen LogP contribution in [0.25, 0.3) is 0 Å². The second-order valence-electron chi connectivity index (χ2n) is 4.98. The highest BCUT2D eigenvalue weighted by Crippen LogP contribution is 2.26. The molecule has 4 nitrogen and oxygen atoms in total. The van der Waals surface area contributed by atoms with E-state index in [9.17, 15) is 4.79 Å². The van der Waals surface area contributed by atoms with Gasteiger partial charge in [-0.1, -0.05) is 25.1 Å². The number of aryl methyl sites for hydroxylation is 1. The topological polar surface area (TPSA) is 52.6 Å². The summed E-state index contributed by atoms with van der Waals surface area (Å²) in [4.78, 5) is 14.1. The van der Waals surface area contributed by atoms with Gasteiger partial charge in [0.15, 0.2) is 0 Å². The number of nitrogens with zero attached hydrogens (tertiary/aromatic N) is 1. The van der Waals surface area contributed by atoms with Crippen molar-refractivity contribution >= 4 is 11.6 Å². The van der Waals surface area contributed by atoms with Crippen LogP contribution in [0.5, 0.6) is 0 Å². The van der Waals surface area contributed by atoms with E-state index in [1.165, 1.54) is 0 Å². The van der Waals surface area contributed by atoms with Crippen LogP contribution in [0.15, 0.2) is 24.3 Å². The van der Waals surface area contributed by atoms with Crippen molar-refractivity contribution in [3.05, 3.63) is 29.8 Å². The summed E-state index contributed by atoms with van der Waals surface area (Å²) in [6, 6.07) is 8.36. The number of benzene rings is 1. The molecule has 1 aromatic rings. The van der Waals surface area contributed by atoms with Crippen molar-refractivity contribution in [2.75, 3.05) is 25.0 Å². The molecule has 1 amide bonds. The predicted molar refractivity (Wildman–Crippen MR) is 76.1 cm³/mol. The summed E-state index contributed by atoms with van der Waals surface area (Å²) in [6.45, 7) is 3.12. The first-order valence-electron chi connectivity index (χ1n) is 6.97. The van der Waals surface area contributed by atoms with Crippen LogP contribution < -0.4 is 5.32 Å². The molecule has 1 saturated carbocycles. The van der Waals surface area contributed by atoms with Gasteiger partial charge in [-0.05, 0) is 30.9 Å². The van der Waals surface area contributed by atoms with E-state index in [4.69, 9.17) is 5.11 Å². The lowest BCUT2D eigenvalue weighted by atomic mass is 10.1. The molecule has 2 N–H and O–H groups in total. The second-order valence-corrected chi connectivity index (χ2v) is 4.98. The Kier molecular flexibility index (Phi) is 4.93. The number of para-hydroxylation sites is 1. The summed E-state index contributed by atoms with van der Waals surface area (Å²) < 4.78 is 0. The summed E-state index contributed by atoms with van der Waals surface area (Å²) in [6.07, 6.45) is 3.18. The smallest absolute Gasteiger partial charge is 0.238 e. The number of anilines is 1. The Morgan fingerprint density at radius 2 is 2.16 bits per heavy atom. The third-order valence-electron chi connectivity index (χ3n) is 3.47. The Bertz CT molecular complexity index is 430. The van der Waals surface area contributed by atoms with E-state index in [1.54, 1.807) is 0 Å². The fourth-order valence-electron chi connectivity index (χ4n) is 2.28. The molecule has 104 valence electrons. The molecule has 0 atom stereocenters. The first kappa shape index (κ1) is 14.0. The largest absolute Gasteiger partial charge is 0.395 e. The van der Waals surface area contributed by atoms with Gasteiger partial charge in [-0.25, -0.2) is 0 Å². The normalized spacial score (nSPS) is 14.7. The Morgan fingerprint density at radius 3 is 2.79 bits per heavy atom. The monoisotopic (exact) mass is 262 g/mol. The number of amides is 1. The van der Waals surface area contributed by atoms with Crippen molar-refractivity contribution in [2.45, 2.75) is 32.2 Å². The average molecular weight is 262 g/mol. The minimum atomic E-state index is 0.00116. The Labute approximate surface area is 114 Å². The fourth-order valence-corrected chi connectivity index (χ4v) is 2.28. The number of rotatable bonds is 7. The zero-order chi connectivity index (χ0) is 13.7. The third kappa shape index (κ3) is 4.04. The molecule has 1 aliphatic rings. The number of carbonyl (C=O) groups is 1. The number of hydrogen-bond acceptors (Lipinski definition) is 3. The van der Waals surface area contributed by atoms with Crippen LogP contribution in [0.3, 0.4) is 0 Å². The van der Waals surface area contributed by atoms with Crippen LogP contribution in [0.4, 0.5) is 5.69 Å². The molecule has 0 spiro atoms. The van der Waals surface area contributed by atoms with Crippen molar-refractivity contribution in [1.29, 1.82) is 0 Å². The molecular formula is C15H22N2O2. The second kappa shape index (κ2) is 6.68. The first-order valence-corrected chi connectivity index (χ1v) is 6.97. The van der Waals surface area contributed by atoms with Crippen LogP contribution in [-0.4, -0.2) is 41.7 Å². The van der Waals surface area contributed by atoms with Crippen molar-refractivity contribution < 1.29 is 9.90 Å². The first-order chi connectivity index (χ1) is 9.24. The van der Waals surface area contributed by atoms with Gasteiger partial charge in [0.1, 0.15) is 0 Å². The fraction of sp³-hybridized carbons (Fsp3) is 0.533. The highest BCUT2D eigenvalue weighted by atomic mass is 16.3. The molecule has 0 bridgehead atoms. The number of aliphatic hydroxyl groups is 1. The van der Waals surface area contributed by atoms with Gasteiger partial charge in [0, 0.05) is 18.3 Å². The van der Waals surface area contributed by atoms with E-state index in [0.717, 1.165) is 30.5 Å². The molecule has 0 heterocycles.